The molecule has 6 nitrogen and oxygen atoms in total. The zero-order valence-corrected chi connectivity index (χ0v) is 39.1. The van der Waals surface area contributed by atoms with Crippen LogP contribution in [-0.2, 0) is 0 Å². The lowest BCUT2D eigenvalue weighted by atomic mass is 9.99. The number of rotatable bonds is 9. The van der Waals surface area contributed by atoms with Gasteiger partial charge in [0.1, 0.15) is 0 Å². The average Bonchev–Trinajstić information content (AvgIpc) is 3.76. The summed E-state index contributed by atoms with van der Waals surface area (Å²) < 4.78 is 2.32. The van der Waals surface area contributed by atoms with Gasteiger partial charge in [0.2, 0.25) is 0 Å². The molecule has 0 amide bonds. The van der Waals surface area contributed by atoms with Gasteiger partial charge in [0, 0.05) is 44.2 Å². The number of aromatic nitrogens is 5. The van der Waals surface area contributed by atoms with Crippen molar-refractivity contribution >= 4 is 21.8 Å². The van der Waals surface area contributed by atoms with E-state index in [1.54, 1.807) is 0 Å². The molecule has 0 aliphatic heterocycles. The Hall–Kier alpha value is -9.57. The summed E-state index contributed by atoms with van der Waals surface area (Å²) in [5.41, 5.74) is 18.1. The number of aryl methyl sites for hydroxylation is 2. The minimum atomic E-state index is 0.424. The second-order valence-corrected chi connectivity index (χ2v) is 18.0. The molecule has 0 atom stereocenters. The van der Waals surface area contributed by atoms with E-state index in [2.05, 4.69) is 158 Å². The fraction of sp³-hybridized carbons (Fsp3) is 0.0308. The van der Waals surface area contributed by atoms with E-state index in [0.29, 0.717) is 28.3 Å². The number of nitriles is 1. The molecular formula is C65H44N6. The van der Waals surface area contributed by atoms with Gasteiger partial charge in [-0.1, -0.05) is 193 Å². The zero-order chi connectivity index (χ0) is 47.8. The molecule has 0 aliphatic rings. The van der Waals surface area contributed by atoms with Crippen molar-refractivity contribution in [2.24, 2.45) is 0 Å². The van der Waals surface area contributed by atoms with Crippen LogP contribution in [0.25, 0.3) is 118 Å². The van der Waals surface area contributed by atoms with E-state index in [1.165, 1.54) is 11.1 Å². The predicted molar refractivity (Wildman–Crippen MR) is 290 cm³/mol. The van der Waals surface area contributed by atoms with Gasteiger partial charge in [-0.3, -0.25) is 0 Å². The molecule has 71 heavy (non-hydrogen) atoms. The third-order valence-electron chi connectivity index (χ3n) is 13.2. The van der Waals surface area contributed by atoms with E-state index in [9.17, 15) is 5.26 Å². The maximum Gasteiger partial charge on any atom is 0.162 e. The van der Waals surface area contributed by atoms with Crippen molar-refractivity contribution in [3.63, 3.8) is 0 Å². The Morgan fingerprint density at radius 2 is 0.662 bits per heavy atom. The third-order valence-corrected chi connectivity index (χ3v) is 13.2. The van der Waals surface area contributed by atoms with Gasteiger partial charge < -0.3 is 4.57 Å². The van der Waals surface area contributed by atoms with Crippen molar-refractivity contribution in [2.75, 3.05) is 0 Å². The molecule has 334 valence electrons. The lowest BCUT2D eigenvalue weighted by Crippen LogP contribution is -2.06. The molecule has 0 bridgehead atoms. The van der Waals surface area contributed by atoms with Crippen LogP contribution in [0, 0.1) is 25.2 Å². The van der Waals surface area contributed by atoms with Crippen molar-refractivity contribution in [2.45, 2.75) is 13.8 Å². The van der Waals surface area contributed by atoms with Crippen LogP contribution < -0.4 is 0 Å². The SMILES string of the molecule is Cc1ccc(-c2ccc3c(c2)c2cc(-c4ccc(C)cc4)ccc2n3-c2c(-c3nc(-c4ccccc4)cc(-c4ccccc4)n3)cc(C#N)cc2-c2nc(-c3ccccc3)cc(-c3ccccc3)n2)cc1. The van der Waals surface area contributed by atoms with Gasteiger partial charge in [-0.25, -0.2) is 19.9 Å². The van der Waals surface area contributed by atoms with Gasteiger partial charge in [0.15, 0.2) is 11.6 Å². The summed E-state index contributed by atoms with van der Waals surface area (Å²) in [6.07, 6.45) is 0. The van der Waals surface area contributed by atoms with Crippen molar-refractivity contribution in [3.05, 3.63) is 247 Å². The van der Waals surface area contributed by atoms with Gasteiger partial charge in [-0.05, 0) is 84.6 Å². The molecular weight excluding hydrogens is 865 g/mol. The Balaban J connectivity index is 1.23. The minimum absolute atomic E-state index is 0.424. The van der Waals surface area contributed by atoms with Crippen LogP contribution in [0.5, 0.6) is 0 Å². The molecule has 0 saturated carbocycles. The number of hydrogen-bond acceptors (Lipinski definition) is 5. The molecule has 3 aromatic heterocycles. The van der Waals surface area contributed by atoms with E-state index >= 15 is 0 Å². The van der Waals surface area contributed by atoms with Crippen molar-refractivity contribution < 1.29 is 0 Å². The summed E-state index contributed by atoms with van der Waals surface area (Å²) in [6, 6.07) is 82.0. The molecule has 0 fully saturated rings. The van der Waals surface area contributed by atoms with Gasteiger partial charge >= 0.3 is 0 Å². The monoisotopic (exact) mass is 908 g/mol. The maximum absolute atomic E-state index is 11.0. The smallest absolute Gasteiger partial charge is 0.162 e. The standard InChI is InChI=1S/C65H44N6/c1-42-23-27-45(28-24-42)51-31-33-61-53(37-51)54-38-52(46-29-25-43(2)26-30-46)32-34-62(54)71(61)63-55(64-67-57(47-15-7-3-8-16-47)39-58(68-64)48-17-9-4-10-18-48)35-44(41-66)36-56(63)65-69-59(49-19-11-5-12-20-49)40-60(70-65)50-21-13-6-14-22-50/h3-40H,1-2H3. The average molecular weight is 909 g/mol. The van der Waals surface area contributed by atoms with Crippen LogP contribution in [0.4, 0.5) is 0 Å². The molecule has 0 aliphatic carbocycles. The molecule has 6 heteroatoms. The van der Waals surface area contributed by atoms with Crippen LogP contribution in [0.1, 0.15) is 16.7 Å². The van der Waals surface area contributed by atoms with E-state index in [4.69, 9.17) is 19.9 Å². The van der Waals surface area contributed by atoms with Gasteiger partial charge in [-0.2, -0.15) is 5.26 Å². The number of fused-ring (bicyclic) bond motifs is 3. The zero-order valence-electron chi connectivity index (χ0n) is 39.1. The first-order valence-electron chi connectivity index (χ1n) is 23.8. The molecule has 0 radical (unpaired) electrons. The number of nitrogens with zero attached hydrogens (tertiary/aromatic N) is 6. The molecule has 0 unspecified atom stereocenters. The Bertz CT molecular complexity index is 3610. The molecule has 12 rings (SSSR count). The topological polar surface area (TPSA) is 80.3 Å². The molecule has 3 heterocycles. The van der Waals surface area contributed by atoms with Crippen molar-refractivity contribution in [3.8, 4) is 102 Å². The summed E-state index contributed by atoms with van der Waals surface area (Å²) in [5, 5.41) is 13.2. The highest BCUT2D eigenvalue weighted by atomic mass is 15.0. The fourth-order valence-electron chi connectivity index (χ4n) is 9.56. The first-order chi connectivity index (χ1) is 34.9. The van der Waals surface area contributed by atoms with Crippen LogP contribution >= 0.6 is 0 Å². The van der Waals surface area contributed by atoms with E-state index < -0.39 is 0 Å². The van der Waals surface area contributed by atoms with E-state index in [0.717, 1.165) is 94.8 Å². The summed E-state index contributed by atoms with van der Waals surface area (Å²) in [4.78, 5) is 21.7. The van der Waals surface area contributed by atoms with E-state index in [1.807, 2.05) is 97.1 Å². The quantitative estimate of drug-likeness (QED) is 0.144. The molecule has 0 spiro atoms. The second-order valence-electron chi connectivity index (χ2n) is 18.0. The summed E-state index contributed by atoms with van der Waals surface area (Å²) in [6.45, 7) is 4.23. The van der Waals surface area contributed by atoms with E-state index in [-0.39, 0.29) is 0 Å². The Kier molecular flexibility index (Phi) is 10.9. The summed E-state index contributed by atoms with van der Waals surface area (Å²) >= 11 is 0. The van der Waals surface area contributed by atoms with Crippen LogP contribution in [0.2, 0.25) is 0 Å². The first-order valence-corrected chi connectivity index (χ1v) is 23.8. The van der Waals surface area contributed by atoms with Crippen molar-refractivity contribution in [1.82, 2.24) is 24.5 Å². The Labute approximate surface area is 412 Å². The Morgan fingerprint density at radius 3 is 0.986 bits per heavy atom. The molecule has 9 aromatic carbocycles. The second kappa shape index (κ2) is 18.2. The van der Waals surface area contributed by atoms with Gasteiger partial charge in [-0.15, -0.1) is 0 Å². The third kappa shape index (κ3) is 8.22. The van der Waals surface area contributed by atoms with Gasteiger partial charge in [0.25, 0.3) is 0 Å². The molecule has 0 saturated heterocycles. The molecule has 12 aromatic rings. The van der Waals surface area contributed by atoms with Crippen molar-refractivity contribution in [1.29, 1.82) is 5.26 Å². The molecule has 0 N–H and O–H groups in total. The lowest BCUT2D eigenvalue weighted by molar-refractivity contribution is 1.12. The predicted octanol–water partition coefficient (Wildman–Crippen LogP) is 16.2. The van der Waals surface area contributed by atoms with Crippen LogP contribution in [0.3, 0.4) is 0 Å². The lowest BCUT2D eigenvalue weighted by Gasteiger charge is -2.20. The highest BCUT2D eigenvalue weighted by Crippen LogP contribution is 2.44. The maximum atomic E-state index is 11.0. The summed E-state index contributed by atoms with van der Waals surface area (Å²) in [7, 11) is 0. The first kappa shape index (κ1) is 42.8. The highest BCUT2D eigenvalue weighted by molar-refractivity contribution is 6.13. The van der Waals surface area contributed by atoms with Crippen LogP contribution in [-0.4, -0.2) is 24.5 Å². The fourth-order valence-corrected chi connectivity index (χ4v) is 9.56. The Morgan fingerprint density at radius 1 is 0.338 bits per heavy atom. The van der Waals surface area contributed by atoms with Crippen LogP contribution in [0.15, 0.2) is 231 Å². The normalized spacial score (nSPS) is 11.2. The largest absolute Gasteiger partial charge is 0.308 e. The summed E-state index contributed by atoms with van der Waals surface area (Å²) in [5.74, 6) is 0.923. The minimum Gasteiger partial charge on any atom is -0.308 e. The van der Waals surface area contributed by atoms with Gasteiger partial charge in [0.05, 0.1) is 51.1 Å². The number of hydrogen-bond donors (Lipinski definition) is 0. The highest BCUT2D eigenvalue weighted by Gasteiger charge is 2.26. The number of benzene rings is 9.